The fourth-order valence-corrected chi connectivity index (χ4v) is 5.23. The highest BCUT2D eigenvalue weighted by molar-refractivity contribution is 6.24. The van der Waals surface area contributed by atoms with E-state index in [2.05, 4.69) is 0 Å². The highest BCUT2D eigenvalue weighted by Crippen LogP contribution is 2.34. The first-order valence-electron chi connectivity index (χ1n) is 11.7. The number of hydrogen-bond acceptors (Lipinski definition) is 7. The van der Waals surface area contributed by atoms with Crippen molar-refractivity contribution in [2.24, 2.45) is 0 Å². The third kappa shape index (κ3) is 4.31. The second kappa shape index (κ2) is 9.71. The normalized spacial score (nSPS) is 27.9. The average Bonchev–Trinajstić information content (AvgIpc) is 3.14. The molecule has 1 saturated heterocycles. The summed E-state index contributed by atoms with van der Waals surface area (Å²) in [4.78, 5) is 54.9. The second-order valence-electron chi connectivity index (χ2n) is 9.10. The van der Waals surface area contributed by atoms with Gasteiger partial charge in [-0.1, -0.05) is 41.9 Å². The van der Waals surface area contributed by atoms with E-state index in [1.165, 1.54) is 28.1 Å². The molecule has 2 aromatic carbocycles. The van der Waals surface area contributed by atoms with Gasteiger partial charge in [-0.3, -0.25) is 24.1 Å². The van der Waals surface area contributed by atoms with Crippen molar-refractivity contribution in [2.45, 2.75) is 36.8 Å². The summed E-state index contributed by atoms with van der Waals surface area (Å²) >= 11 is 6.40. The van der Waals surface area contributed by atoms with Crippen LogP contribution in [0.5, 0.6) is 0 Å². The molecule has 3 heterocycles. The molecule has 11 heteroatoms. The first-order chi connectivity index (χ1) is 17.7. The number of aliphatic hydroxyl groups is 2. The van der Waals surface area contributed by atoms with Crippen LogP contribution >= 0.6 is 11.6 Å². The van der Waals surface area contributed by atoms with Crippen molar-refractivity contribution in [2.75, 3.05) is 13.1 Å². The van der Waals surface area contributed by atoms with Gasteiger partial charge in [0.1, 0.15) is 30.9 Å². The first-order valence-corrected chi connectivity index (χ1v) is 12.1. The number of alkyl halides is 1. The Labute approximate surface area is 217 Å². The molecule has 1 unspecified atom stereocenters. The molecule has 3 aliphatic rings. The third-order valence-electron chi connectivity index (χ3n) is 6.80. The maximum atomic E-state index is 12.9. The lowest BCUT2D eigenvalue weighted by Crippen LogP contribution is -2.65. The zero-order chi connectivity index (χ0) is 26.4. The van der Waals surface area contributed by atoms with Crippen LogP contribution in [0.2, 0.25) is 0 Å². The van der Waals surface area contributed by atoms with Crippen LogP contribution in [0.25, 0.3) is 0 Å². The molecule has 2 N–H and O–H groups in total. The first kappa shape index (κ1) is 25.1. The van der Waals surface area contributed by atoms with Gasteiger partial charge in [-0.2, -0.15) is 0 Å². The lowest BCUT2D eigenvalue weighted by molar-refractivity contribution is -0.179. The Balaban J connectivity index is 1.30. The van der Waals surface area contributed by atoms with E-state index >= 15 is 0 Å². The van der Waals surface area contributed by atoms with E-state index in [1.807, 2.05) is 0 Å². The standard InChI is InChI=1S/C26H24ClN3O7/c1-14-11-28(19(31)13-29(14)24(34)15-7-3-2-4-8-15)12-18-21(32)22(33)20(23(27)37-18)30-25(35)16-9-5-6-10-17(16)26(30)36/h2-11,18,20-23,32-33H,12-13H2,1H3/t18-,20-,21-,22-,23?/m1/s1. The number of aliphatic hydroxyl groups excluding tert-OH is 2. The Hall–Kier alpha value is -3.57. The molecular formula is C26H24ClN3O7. The second-order valence-corrected chi connectivity index (χ2v) is 9.53. The number of imide groups is 1. The summed E-state index contributed by atoms with van der Waals surface area (Å²) in [6, 6.07) is 13.5. The van der Waals surface area contributed by atoms with Crippen LogP contribution in [0.4, 0.5) is 0 Å². The molecule has 0 aromatic heterocycles. The minimum atomic E-state index is -1.62. The van der Waals surface area contributed by atoms with Crippen molar-refractivity contribution in [3.05, 3.63) is 83.2 Å². The predicted molar refractivity (Wildman–Crippen MR) is 130 cm³/mol. The van der Waals surface area contributed by atoms with Gasteiger partial charge < -0.3 is 24.7 Å². The van der Waals surface area contributed by atoms with Crippen molar-refractivity contribution in [3.63, 3.8) is 0 Å². The van der Waals surface area contributed by atoms with Crippen LogP contribution in [0.3, 0.4) is 0 Å². The Morgan fingerprint density at radius 2 is 1.57 bits per heavy atom. The molecule has 2 aromatic rings. The summed E-state index contributed by atoms with van der Waals surface area (Å²) in [5.74, 6) is -2.03. The topological polar surface area (TPSA) is 128 Å². The lowest BCUT2D eigenvalue weighted by Gasteiger charge is -2.44. The summed E-state index contributed by atoms with van der Waals surface area (Å²) in [5.41, 5.74) is -0.0455. The van der Waals surface area contributed by atoms with Crippen LogP contribution in [0.15, 0.2) is 66.5 Å². The monoisotopic (exact) mass is 525 g/mol. The fraction of sp³-hybridized carbons (Fsp3) is 0.308. The van der Waals surface area contributed by atoms with Gasteiger partial charge in [0.15, 0.2) is 5.56 Å². The Morgan fingerprint density at radius 1 is 0.973 bits per heavy atom. The van der Waals surface area contributed by atoms with Gasteiger partial charge in [-0.05, 0) is 31.2 Å². The molecule has 0 radical (unpaired) electrons. The molecule has 37 heavy (non-hydrogen) atoms. The van der Waals surface area contributed by atoms with Gasteiger partial charge in [0.05, 0.1) is 17.7 Å². The number of fused-ring (bicyclic) bond motifs is 1. The fourth-order valence-electron chi connectivity index (χ4n) is 4.84. The molecule has 192 valence electrons. The minimum absolute atomic E-state index is 0.167. The quantitative estimate of drug-likeness (QED) is 0.453. The zero-order valence-electron chi connectivity index (χ0n) is 19.7. The third-order valence-corrected chi connectivity index (χ3v) is 7.16. The molecule has 3 aliphatic heterocycles. The predicted octanol–water partition coefficient (Wildman–Crippen LogP) is 1.18. The van der Waals surface area contributed by atoms with Crippen molar-refractivity contribution in [1.29, 1.82) is 0 Å². The number of nitrogens with zero attached hydrogens (tertiary/aromatic N) is 3. The van der Waals surface area contributed by atoms with Crippen LogP contribution in [0.1, 0.15) is 38.0 Å². The number of amides is 4. The molecular weight excluding hydrogens is 502 g/mol. The van der Waals surface area contributed by atoms with Gasteiger partial charge >= 0.3 is 0 Å². The van der Waals surface area contributed by atoms with Crippen LogP contribution in [-0.2, 0) is 9.53 Å². The van der Waals surface area contributed by atoms with Gasteiger partial charge in [-0.15, -0.1) is 0 Å². The number of ether oxygens (including phenoxy) is 1. The largest absolute Gasteiger partial charge is 0.388 e. The Morgan fingerprint density at radius 3 is 2.19 bits per heavy atom. The van der Waals surface area contributed by atoms with E-state index < -0.39 is 47.6 Å². The molecule has 5 atom stereocenters. The van der Waals surface area contributed by atoms with Crippen LogP contribution in [0, 0.1) is 0 Å². The summed E-state index contributed by atoms with van der Waals surface area (Å²) in [7, 11) is 0. The zero-order valence-corrected chi connectivity index (χ0v) is 20.5. The highest BCUT2D eigenvalue weighted by Gasteiger charge is 2.52. The Bertz CT molecular complexity index is 1270. The number of hydrogen-bond donors (Lipinski definition) is 2. The van der Waals surface area contributed by atoms with Crippen LogP contribution < -0.4 is 0 Å². The summed E-state index contributed by atoms with van der Waals surface area (Å²) in [5, 5.41) is 21.8. The molecule has 0 saturated carbocycles. The average molecular weight is 526 g/mol. The van der Waals surface area contributed by atoms with Gasteiger partial charge in [0, 0.05) is 17.5 Å². The number of halogens is 1. The van der Waals surface area contributed by atoms with Crippen molar-refractivity contribution < 1.29 is 34.1 Å². The number of benzene rings is 2. The van der Waals surface area contributed by atoms with Gasteiger partial charge in [0.2, 0.25) is 5.91 Å². The van der Waals surface area contributed by atoms with E-state index in [0.717, 1.165) is 4.90 Å². The summed E-state index contributed by atoms with van der Waals surface area (Å²) < 4.78 is 5.73. The van der Waals surface area contributed by atoms with E-state index in [1.54, 1.807) is 49.4 Å². The lowest BCUT2D eigenvalue weighted by atomic mass is 9.96. The molecule has 0 aliphatic carbocycles. The molecule has 0 spiro atoms. The Kier molecular flexibility index (Phi) is 6.59. The van der Waals surface area contributed by atoms with Crippen molar-refractivity contribution in [3.8, 4) is 0 Å². The van der Waals surface area contributed by atoms with Gasteiger partial charge in [0.25, 0.3) is 17.7 Å². The van der Waals surface area contributed by atoms with Crippen molar-refractivity contribution >= 4 is 35.2 Å². The van der Waals surface area contributed by atoms with Crippen molar-refractivity contribution in [1.82, 2.24) is 14.7 Å². The molecule has 0 bridgehead atoms. The number of carbonyl (C=O) groups excluding carboxylic acids is 4. The SMILES string of the molecule is CC1=CN(C[C@H]2OC(Cl)[C@H](N3C(=O)c4ccccc4C3=O)[C@@H](O)[C@@H]2O)C(=O)CN1C(=O)c1ccccc1. The van der Waals surface area contributed by atoms with E-state index in [-0.39, 0.29) is 30.1 Å². The number of rotatable bonds is 4. The van der Waals surface area contributed by atoms with Gasteiger partial charge in [-0.25, -0.2) is 0 Å². The molecule has 10 nitrogen and oxygen atoms in total. The molecule has 5 rings (SSSR count). The van der Waals surface area contributed by atoms with E-state index in [9.17, 15) is 29.4 Å². The van der Waals surface area contributed by atoms with E-state index in [0.29, 0.717) is 11.3 Å². The maximum Gasteiger partial charge on any atom is 0.262 e. The molecule has 1 fully saturated rings. The summed E-state index contributed by atoms with van der Waals surface area (Å²) in [6.45, 7) is 1.29. The van der Waals surface area contributed by atoms with E-state index in [4.69, 9.17) is 16.3 Å². The maximum absolute atomic E-state index is 12.9. The number of carbonyl (C=O) groups is 4. The minimum Gasteiger partial charge on any atom is -0.388 e. The summed E-state index contributed by atoms with van der Waals surface area (Å²) in [6.07, 6.45) is -2.83. The highest BCUT2D eigenvalue weighted by atomic mass is 35.5. The number of allylic oxidation sites excluding steroid dienone is 1. The molecule has 4 amide bonds. The smallest absolute Gasteiger partial charge is 0.262 e. The van der Waals surface area contributed by atoms with Crippen LogP contribution in [-0.4, -0.2) is 91.5 Å².